The molecule has 1 heterocycles. The molecule has 0 spiro atoms. The zero-order valence-corrected chi connectivity index (χ0v) is 13.4. The molecule has 8 heteroatoms. The number of ketones is 1. The lowest BCUT2D eigenvalue weighted by Crippen LogP contribution is -2.26. The average molecular weight is 347 g/mol. The van der Waals surface area contributed by atoms with Gasteiger partial charge in [-0.15, -0.1) is 0 Å². The van der Waals surface area contributed by atoms with Gasteiger partial charge < -0.3 is 9.47 Å². The molecular formula is C15H14ClF3N2O2. The standard InChI is InChI=1S/C15H14ClF3N2O2/c1-8-4-9-10(14(23)15(17,18)19)6-21(7-13(22)20(2)3)12(9)5-11(8)16/h4-6H,7H2,1-3H3. The van der Waals surface area contributed by atoms with Crippen molar-refractivity contribution in [2.75, 3.05) is 14.1 Å². The first-order valence-electron chi connectivity index (χ1n) is 6.63. The SMILES string of the molecule is Cc1cc2c(C(=O)C(F)(F)F)cn(CC(=O)N(C)C)c2cc1Cl. The van der Waals surface area contributed by atoms with Gasteiger partial charge in [-0.1, -0.05) is 11.6 Å². The van der Waals surface area contributed by atoms with E-state index in [0.29, 0.717) is 16.1 Å². The van der Waals surface area contributed by atoms with Gasteiger partial charge in [0.2, 0.25) is 5.91 Å². The first-order chi connectivity index (χ1) is 10.5. The van der Waals surface area contributed by atoms with Gasteiger partial charge in [-0.2, -0.15) is 13.2 Å². The summed E-state index contributed by atoms with van der Waals surface area (Å²) in [5, 5.41) is 0.473. The summed E-state index contributed by atoms with van der Waals surface area (Å²) in [6, 6.07) is 2.88. The topological polar surface area (TPSA) is 42.3 Å². The predicted molar refractivity (Wildman–Crippen MR) is 80.8 cm³/mol. The summed E-state index contributed by atoms with van der Waals surface area (Å²) < 4.78 is 39.7. The highest BCUT2D eigenvalue weighted by Gasteiger charge is 2.41. The Kier molecular flexibility index (Phi) is 4.43. The van der Waals surface area contributed by atoms with Crippen LogP contribution < -0.4 is 0 Å². The van der Waals surface area contributed by atoms with Gasteiger partial charge in [0, 0.05) is 30.7 Å². The Morgan fingerprint density at radius 1 is 1.26 bits per heavy atom. The van der Waals surface area contributed by atoms with E-state index in [-0.39, 0.29) is 17.8 Å². The predicted octanol–water partition coefficient (Wildman–Crippen LogP) is 3.44. The third kappa shape index (κ3) is 3.34. The highest BCUT2D eigenvalue weighted by atomic mass is 35.5. The molecule has 2 rings (SSSR count). The molecule has 0 radical (unpaired) electrons. The molecule has 1 aromatic carbocycles. The maximum absolute atomic E-state index is 12.8. The van der Waals surface area contributed by atoms with Crippen LogP contribution in [0.4, 0.5) is 13.2 Å². The van der Waals surface area contributed by atoms with Gasteiger partial charge in [-0.3, -0.25) is 9.59 Å². The monoisotopic (exact) mass is 346 g/mol. The molecule has 0 atom stereocenters. The fourth-order valence-corrected chi connectivity index (χ4v) is 2.33. The van der Waals surface area contributed by atoms with Crippen molar-refractivity contribution in [3.05, 3.63) is 34.5 Å². The second-order valence-electron chi connectivity index (χ2n) is 5.40. The number of aromatic nitrogens is 1. The molecule has 2 aromatic rings. The molecule has 0 bridgehead atoms. The molecule has 0 aliphatic carbocycles. The van der Waals surface area contributed by atoms with E-state index in [4.69, 9.17) is 11.6 Å². The Bertz CT molecular complexity index is 794. The van der Waals surface area contributed by atoms with Crippen LogP contribution in [0.2, 0.25) is 5.02 Å². The number of Topliss-reactive ketones (excluding diaryl/α,β-unsaturated/α-hetero) is 1. The van der Waals surface area contributed by atoms with Crippen LogP contribution >= 0.6 is 11.6 Å². The minimum atomic E-state index is -4.99. The average Bonchev–Trinajstić information content (AvgIpc) is 2.75. The molecular weight excluding hydrogens is 333 g/mol. The van der Waals surface area contributed by atoms with E-state index in [0.717, 1.165) is 6.20 Å². The second-order valence-corrected chi connectivity index (χ2v) is 5.81. The van der Waals surface area contributed by atoms with Crippen LogP contribution in [-0.2, 0) is 11.3 Å². The van der Waals surface area contributed by atoms with Crippen LogP contribution in [0.1, 0.15) is 15.9 Å². The van der Waals surface area contributed by atoms with Crippen molar-refractivity contribution in [3.63, 3.8) is 0 Å². The molecule has 23 heavy (non-hydrogen) atoms. The third-order valence-corrected chi connectivity index (χ3v) is 3.88. The highest BCUT2D eigenvalue weighted by Crippen LogP contribution is 2.31. The fraction of sp³-hybridized carbons (Fsp3) is 0.333. The van der Waals surface area contributed by atoms with Crippen LogP contribution in [0, 0.1) is 6.92 Å². The number of benzene rings is 1. The smallest absolute Gasteiger partial charge is 0.347 e. The van der Waals surface area contributed by atoms with E-state index in [1.165, 1.54) is 35.7 Å². The molecule has 1 aromatic heterocycles. The van der Waals surface area contributed by atoms with Crippen molar-refractivity contribution in [2.24, 2.45) is 0 Å². The van der Waals surface area contributed by atoms with Crippen molar-refractivity contribution in [3.8, 4) is 0 Å². The van der Waals surface area contributed by atoms with Crippen molar-refractivity contribution in [2.45, 2.75) is 19.6 Å². The summed E-state index contributed by atoms with van der Waals surface area (Å²) in [5.41, 5.74) is 0.370. The van der Waals surface area contributed by atoms with E-state index in [2.05, 4.69) is 0 Å². The van der Waals surface area contributed by atoms with Crippen molar-refractivity contribution < 1.29 is 22.8 Å². The summed E-state index contributed by atoms with van der Waals surface area (Å²) in [7, 11) is 3.07. The van der Waals surface area contributed by atoms with E-state index < -0.39 is 17.5 Å². The minimum Gasteiger partial charge on any atom is -0.347 e. The lowest BCUT2D eigenvalue weighted by molar-refractivity contribution is -0.129. The van der Waals surface area contributed by atoms with Crippen molar-refractivity contribution in [1.29, 1.82) is 0 Å². The summed E-state index contributed by atoms with van der Waals surface area (Å²) in [5.74, 6) is -2.26. The molecule has 0 saturated carbocycles. The quantitative estimate of drug-likeness (QED) is 0.799. The van der Waals surface area contributed by atoms with E-state index >= 15 is 0 Å². The third-order valence-electron chi connectivity index (χ3n) is 3.47. The van der Waals surface area contributed by atoms with E-state index in [1.54, 1.807) is 6.92 Å². The maximum atomic E-state index is 12.8. The number of nitrogens with zero attached hydrogens (tertiary/aromatic N) is 2. The van der Waals surface area contributed by atoms with Gasteiger partial charge in [0.25, 0.3) is 5.78 Å². The second kappa shape index (κ2) is 5.88. The van der Waals surface area contributed by atoms with Gasteiger partial charge in [0.05, 0.1) is 11.1 Å². The number of aryl methyl sites for hydroxylation is 1. The van der Waals surface area contributed by atoms with E-state index in [1.807, 2.05) is 0 Å². The molecule has 0 aliphatic heterocycles. The Morgan fingerprint density at radius 3 is 2.39 bits per heavy atom. The first-order valence-corrected chi connectivity index (χ1v) is 7.01. The number of rotatable bonds is 3. The molecule has 0 unspecified atom stereocenters. The number of halogens is 4. The van der Waals surface area contributed by atoms with Crippen molar-refractivity contribution >= 4 is 34.2 Å². The number of carbonyl (C=O) groups excluding carboxylic acids is 2. The van der Waals surface area contributed by atoms with Gasteiger partial charge in [-0.25, -0.2) is 0 Å². The van der Waals surface area contributed by atoms with Crippen LogP contribution in [0.15, 0.2) is 18.3 Å². The van der Waals surface area contributed by atoms with Crippen LogP contribution in [0.25, 0.3) is 10.9 Å². The number of likely N-dealkylation sites (N-methyl/N-ethyl adjacent to an activating group) is 1. The molecule has 0 fully saturated rings. The number of alkyl halides is 3. The summed E-state index contributed by atoms with van der Waals surface area (Å²) in [6.45, 7) is 1.44. The zero-order chi connectivity index (χ0) is 17.5. The Labute approximate surface area is 135 Å². The Morgan fingerprint density at radius 2 is 1.87 bits per heavy atom. The van der Waals surface area contributed by atoms with Crippen LogP contribution in [0.5, 0.6) is 0 Å². The molecule has 4 nitrogen and oxygen atoms in total. The zero-order valence-electron chi connectivity index (χ0n) is 12.7. The number of carbonyl (C=O) groups is 2. The number of hydrogen-bond acceptors (Lipinski definition) is 2. The molecule has 0 saturated heterocycles. The molecule has 1 amide bonds. The maximum Gasteiger partial charge on any atom is 0.454 e. The minimum absolute atomic E-state index is 0.126. The molecule has 124 valence electrons. The lowest BCUT2D eigenvalue weighted by atomic mass is 10.1. The molecule has 0 N–H and O–H groups in total. The number of hydrogen-bond donors (Lipinski definition) is 0. The molecule has 0 aliphatic rings. The van der Waals surface area contributed by atoms with Crippen molar-refractivity contribution in [1.82, 2.24) is 9.47 Å². The Balaban J connectivity index is 2.67. The van der Waals surface area contributed by atoms with Gasteiger partial charge in [-0.05, 0) is 24.6 Å². The van der Waals surface area contributed by atoms with Gasteiger partial charge >= 0.3 is 6.18 Å². The number of fused-ring (bicyclic) bond motifs is 1. The highest BCUT2D eigenvalue weighted by molar-refractivity contribution is 6.32. The number of amides is 1. The normalized spacial score (nSPS) is 11.8. The van der Waals surface area contributed by atoms with Gasteiger partial charge in [0.15, 0.2) is 0 Å². The summed E-state index contributed by atoms with van der Waals surface area (Å²) in [6.07, 6.45) is -3.93. The summed E-state index contributed by atoms with van der Waals surface area (Å²) >= 11 is 6.02. The fourth-order valence-electron chi connectivity index (χ4n) is 2.17. The largest absolute Gasteiger partial charge is 0.454 e. The van der Waals surface area contributed by atoms with Crippen LogP contribution in [-0.4, -0.2) is 41.4 Å². The Hall–Kier alpha value is -2.02. The summed E-state index contributed by atoms with van der Waals surface area (Å²) in [4.78, 5) is 24.8. The van der Waals surface area contributed by atoms with Gasteiger partial charge in [0.1, 0.15) is 6.54 Å². The van der Waals surface area contributed by atoms with Crippen LogP contribution in [0.3, 0.4) is 0 Å². The first kappa shape index (κ1) is 17.3. The van der Waals surface area contributed by atoms with E-state index in [9.17, 15) is 22.8 Å². The lowest BCUT2D eigenvalue weighted by Gasteiger charge is -2.11.